The fourth-order valence-corrected chi connectivity index (χ4v) is 4.93. The number of hydrogen-bond acceptors (Lipinski definition) is 2. The van der Waals surface area contributed by atoms with Crippen molar-refractivity contribution in [1.29, 1.82) is 0 Å². The Kier molecular flexibility index (Phi) is 3.84. The minimum atomic E-state index is -0.553. The fraction of sp³-hybridized carbons (Fsp3) is 0.938. The van der Waals surface area contributed by atoms with Gasteiger partial charge in [-0.1, -0.05) is 19.8 Å². The van der Waals surface area contributed by atoms with Gasteiger partial charge in [-0.3, -0.25) is 9.69 Å². The molecule has 0 spiro atoms. The van der Waals surface area contributed by atoms with Crippen LogP contribution in [0.3, 0.4) is 0 Å². The van der Waals surface area contributed by atoms with E-state index in [-0.39, 0.29) is 5.92 Å². The van der Waals surface area contributed by atoms with Gasteiger partial charge in [-0.05, 0) is 50.4 Å². The van der Waals surface area contributed by atoms with Gasteiger partial charge in [-0.2, -0.15) is 0 Å². The van der Waals surface area contributed by atoms with E-state index >= 15 is 0 Å². The van der Waals surface area contributed by atoms with Crippen LogP contribution in [0.1, 0.15) is 58.3 Å². The number of likely N-dealkylation sites (tertiary alicyclic amines) is 1. The van der Waals surface area contributed by atoms with Gasteiger partial charge in [-0.15, -0.1) is 0 Å². The number of aliphatic carboxylic acids is 1. The first-order chi connectivity index (χ1) is 9.19. The quantitative estimate of drug-likeness (QED) is 0.849. The zero-order chi connectivity index (χ0) is 13.4. The van der Waals surface area contributed by atoms with Gasteiger partial charge in [0.25, 0.3) is 0 Å². The average molecular weight is 265 g/mol. The third-order valence-corrected chi connectivity index (χ3v) is 5.82. The highest BCUT2D eigenvalue weighted by Crippen LogP contribution is 2.44. The molecule has 2 aliphatic carbocycles. The predicted octanol–water partition coefficient (Wildman–Crippen LogP) is 3.14. The highest BCUT2D eigenvalue weighted by molar-refractivity contribution is 5.71. The van der Waals surface area contributed by atoms with Gasteiger partial charge in [-0.25, -0.2) is 0 Å². The Hall–Kier alpha value is -0.570. The maximum atomic E-state index is 11.6. The summed E-state index contributed by atoms with van der Waals surface area (Å²) in [5, 5.41) is 9.53. The van der Waals surface area contributed by atoms with E-state index in [1.165, 1.54) is 38.6 Å². The second-order valence-corrected chi connectivity index (χ2v) is 7.01. The molecule has 0 aromatic carbocycles. The number of hydrogen-bond donors (Lipinski definition) is 1. The lowest BCUT2D eigenvalue weighted by molar-refractivity contribution is -0.146. The van der Waals surface area contributed by atoms with E-state index in [0.29, 0.717) is 12.1 Å². The first-order valence-electron chi connectivity index (χ1n) is 8.17. The van der Waals surface area contributed by atoms with Crippen LogP contribution in [-0.4, -0.2) is 34.6 Å². The Morgan fingerprint density at radius 3 is 2.63 bits per heavy atom. The summed E-state index contributed by atoms with van der Waals surface area (Å²) in [4.78, 5) is 14.2. The van der Waals surface area contributed by atoms with Crippen LogP contribution in [-0.2, 0) is 4.79 Å². The van der Waals surface area contributed by atoms with Crippen LogP contribution in [0.5, 0.6) is 0 Å². The van der Waals surface area contributed by atoms with E-state index in [9.17, 15) is 9.90 Å². The molecule has 3 nitrogen and oxygen atoms in total. The molecule has 3 aliphatic rings. The van der Waals surface area contributed by atoms with E-state index < -0.39 is 5.97 Å². The maximum absolute atomic E-state index is 11.6. The molecular formula is C16H27NO2. The SMILES string of the molecule is CCCC1CCC(C(=O)O)C(N2CC3CCC2C3)C1. The van der Waals surface area contributed by atoms with Gasteiger partial charge >= 0.3 is 5.97 Å². The van der Waals surface area contributed by atoms with Crippen LogP contribution in [0.15, 0.2) is 0 Å². The van der Waals surface area contributed by atoms with Crippen molar-refractivity contribution in [1.82, 2.24) is 4.90 Å². The highest BCUT2D eigenvalue weighted by atomic mass is 16.4. The second-order valence-electron chi connectivity index (χ2n) is 7.01. The van der Waals surface area contributed by atoms with Crippen molar-refractivity contribution in [3.8, 4) is 0 Å². The monoisotopic (exact) mass is 265 g/mol. The standard InChI is InChI=1S/C16H27NO2/c1-2-3-11-5-7-14(16(18)19)15(9-11)17-10-12-4-6-13(17)8-12/h11-15H,2-10H2,1H3,(H,18,19). The summed E-state index contributed by atoms with van der Waals surface area (Å²) < 4.78 is 0. The number of carbonyl (C=O) groups is 1. The lowest BCUT2D eigenvalue weighted by Crippen LogP contribution is -2.50. The number of carboxylic acid groups (broad SMARTS) is 1. The maximum Gasteiger partial charge on any atom is 0.308 e. The Morgan fingerprint density at radius 2 is 2.05 bits per heavy atom. The number of carboxylic acids is 1. The third kappa shape index (κ3) is 2.54. The van der Waals surface area contributed by atoms with E-state index in [2.05, 4.69) is 11.8 Å². The van der Waals surface area contributed by atoms with Crippen molar-refractivity contribution < 1.29 is 9.90 Å². The zero-order valence-electron chi connectivity index (χ0n) is 12.1. The van der Waals surface area contributed by atoms with Crippen LogP contribution in [0.2, 0.25) is 0 Å². The van der Waals surface area contributed by atoms with Crippen LogP contribution < -0.4 is 0 Å². The van der Waals surface area contributed by atoms with Gasteiger partial charge in [0.1, 0.15) is 0 Å². The average Bonchev–Trinajstić information content (AvgIpc) is 3.01. The fourth-order valence-electron chi connectivity index (χ4n) is 4.93. The van der Waals surface area contributed by atoms with Crippen molar-refractivity contribution in [3.05, 3.63) is 0 Å². The van der Waals surface area contributed by atoms with Crippen LogP contribution in [0.25, 0.3) is 0 Å². The Labute approximate surface area is 116 Å². The normalized spacial score (nSPS) is 42.7. The van der Waals surface area contributed by atoms with Gasteiger partial charge in [0.05, 0.1) is 5.92 Å². The minimum absolute atomic E-state index is 0.104. The van der Waals surface area contributed by atoms with Crippen molar-refractivity contribution in [2.75, 3.05) is 6.54 Å². The molecule has 3 rings (SSSR count). The summed E-state index contributed by atoms with van der Waals surface area (Å²) in [6.45, 7) is 3.42. The van der Waals surface area contributed by atoms with Crippen molar-refractivity contribution in [3.63, 3.8) is 0 Å². The van der Waals surface area contributed by atoms with E-state index in [1.54, 1.807) is 0 Å². The summed E-state index contributed by atoms with van der Waals surface area (Å²) in [6.07, 6.45) is 9.71. The topological polar surface area (TPSA) is 40.5 Å². The van der Waals surface area contributed by atoms with Gasteiger partial charge in [0.15, 0.2) is 0 Å². The molecule has 3 heteroatoms. The number of rotatable bonds is 4. The molecule has 0 aromatic heterocycles. The molecule has 1 heterocycles. The number of piperidine rings is 1. The molecule has 0 radical (unpaired) electrons. The first kappa shape index (κ1) is 13.4. The smallest absolute Gasteiger partial charge is 0.308 e. The lowest BCUT2D eigenvalue weighted by atomic mass is 9.75. The Bertz CT molecular complexity index is 344. The van der Waals surface area contributed by atoms with E-state index in [4.69, 9.17) is 0 Å². The summed E-state index contributed by atoms with van der Waals surface area (Å²) in [7, 11) is 0. The number of nitrogens with zero attached hydrogens (tertiary/aromatic N) is 1. The molecule has 3 fully saturated rings. The molecule has 0 aromatic rings. The summed E-state index contributed by atoms with van der Waals surface area (Å²) in [6, 6.07) is 1.04. The van der Waals surface area contributed by atoms with Crippen molar-refractivity contribution in [2.24, 2.45) is 17.8 Å². The molecule has 1 aliphatic heterocycles. The first-order valence-corrected chi connectivity index (χ1v) is 8.17. The second kappa shape index (κ2) is 5.43. The van der Waals surface area contributed by atoms with Crippen LogP contribution in [0, 0.1) is 17.8 Å². The zero-order valence-corrected chi connectivity index (χ0v) is 12.1. The lowest BCUT2D eigenvalue weighted by Gasteiger charge is -2.43. The molecule has 2 bridgehead atoms. The van der Waals surface area contributed by atoms with Gasteiger partial charge in [0, 0.05) is 18.6 Å². The Morgan fingerprint density at radius 1 is 1.21 bits per heavy atom. The van der Waals surface area contributed by atoms with Crippen LogP contribution >= 0.6 is 0 Å². The molecule has 1 saturated heterocycles. The largest absolute Gasteiger partial charge is 0.481 e. The molecular weight excluding hydrogens is 238 g/mol. The molecule has 2 saturated carbocycles. The van der Waals surface area contributed by atoms with Gasteiger partial charge < -0.3 is 5.11 Å². The summed E-state index contributed by atoms with van der Waals surface area (Å²) in [5.41, 5.74) is 0. The minimum Gasteiger partial charge on any atom is -0.481 e. The Balaban J connectivity index is 1.72. The molecule has 19 heavy (non-hydrogen) atoms. The van der Waals surface area contributed by atoms with E-state index in [1.807, 2.05) is 0 Å². The molecule has 1 N–H and O–H groups in total. The van der Waals surface area contributed by atoms with Crippen LogP contribution in [0.4, 0.5) is 0 Å². The van der Waals surface area contributed by atoms with Crippen molar-refractivity contribution >= 4 is 5.97 Å². The highest BCUT2D eigenvalue weighted by Gasteiger charge is 2.46. The van der Waals surface area contributed by atoms with Gasteiger partial charge in [0.2, 0.25) is 0 Å². The van der Waals surface area contributed by atoms with Crippen molar-refractivity contribution in [2.45, 2.75) is 70.4 Å². The third-order valence-electron chi connectivity index (χ3n) is 5.82. The molecule has 5 atom stereocenters. The molecule has 5 unspecified atom stereocenters. The molecule has 108 valence electrons. The molecule has 0 amide bonds. The summed E-state index contributed by atoms with van der Waals surface area (Å²) >= 11 is 0. The van der Waals surface area contributed by atoms with E-state index in [0.717, 1.165) is 31.1 Å². The predicted molar refractivity (Wildman–Crippen MR) is 75.0 cm³/mol. The number of fused-ring (bicyclic) bond motifs is 2. The summed E-state index contributed by atoms with van der Waals surface area (Å²) in [5.74, 6) is 0.978.